The van der Waals surface area contributed by atoms with Crippen LogP contribution in [0.25, 0.3) is 0 Å². The maximum atomic E-state index is 12.8. The predicted octanol–water partition coefficient (Wildman–Crippen LogP) is 6.84. The van der Waals surface area contributed by atoms with Gasteiger partial charge in [0, 0.05) is 0 Å². The minimum atomic E-state index is -0.533. The van der Waals surface area contributed by atoms with Crippen LogP contribution >= 0.6 is 0 Å². The van der Waals surface area contributed by atoms with Gasteiger partial charge in [-0.1, -0.05) is 53.2 Å². The molecule has 33 heavy (non-hydrogen) atoms. The molecule has 6 aliphatic rings. The molecule has 0 unspecified atom stereocenters. The van der Waals surface area contributed by atoms with E-state index in [0.29, 0.717) is 23.7 Å². The Bertz CT molecular complexity index is 931. The first-order chi connectivity index (χ1) is 15.2. The van der Waals surface area contributed by atoms with Crippen molar-refractivity contribution in [2.75, 3.05) is 0 Å². The van der Waals surface area contributed by atoms with Gasteiger partial charge < -0.3 is 10.2 Å². The normalized spacial score (nSPS) is 55.6. The molecular formula is C30H46O3. The van der Waals surface area contributed by atoms with E-state index in [0.717, 1.165) is 38.5 Å². The molecule has 0 radical (unpaired) electrons. The number of aliphatic hydroxyl groups is 1. The highest BCUT2D eigenvalue weighted by Gasteiger charge is 2.77. The lowest BCUT2D eigenvalue weighted by molar-refractivity contribution is -0.181. The van der Waals surface area contributed by atoms with E-state index in [9.17, 15) is 15.0 Å². The van der Waals surface area contributed by atoms with Crippen LogP contribution in [-0.4, -0.2) is 22.3 Å². The van der Waals surface area contributed by atoms with E-state index >= 15 is 0 Å². The smallest absolute Gasteiger partial charge is 0.310 e. The van der Waals surface area contributed by atoms with Crippen molar-refractivity contribution < 1.29 is 15.0 Å². The molecule has 1 spiro atoms. The maximum absolute atomic E-state index is 12.8. The number of aliphatic hydroxyl groups excluding tert-OH is 1. The molecular weight excluding hydrogens is 408 g/mol. The van der Waals surface area contributed by atoms with Crippen LogP contribution < -0.4 is 0 Å². The summed E-state index contributed by atoms with van der Waals surface area (Å²) in [6.45, 7) is 14.5. The average Bonchev–Trinajstić information content (AvgIpc) is 3.44. The number of aliphatic carboxylic acids is 1. The Morgan fingerprint density at radius 3 is 2.33 bits per heavy atom. The van der Waals surface area contributed by atoms with Crippen LogP contribution in [0.15, 0.2) is 11.6 Å². The fourth-order valence-electron chi connectivity index (χ4n) is 11.4. The zero-order valence-corrected chi connectivity index (χ0v) is 21.8. The van der Waals surface area contributed by atoms with Gasteiger partial charge in [-0.25, -0.2) is 0 Å². The second-order valence-corrected chi connectivity index (χ2v) is 15.3. The molecule has 0 amide bonds. The minimum absolute atomic E-state index is 0.0147. The molecule has 3 nitrogen and oxygen atoms in total. The SMILES string of the molecule is CC1(C)CC[C@]2(C(=O)O)CC=C3[C@]4(C[C@H]4C[C@@H]4[C@@]5(C)CC[C@H](O)C(C)(C)[C@@H]5CC[C@@]34C)[C@H]2C1. The van der Waals surface area contributed by atoms with Crippen molar-refractivity contribution in [3.63, 3.8) is 0 Å². The van der Waals surface area contributed by atoms with E-state index in [1.54, 1.807) is 5.57 Å². The lowest BCUT2D eigenvalue weighted by Crippen LogP contribution is -2.62. The first-order valence-electron chi connectivity index (χ1n) is 13.9. The molecule has 3 heteroatoms. The highest BCUT2D eigenvalue weighted by molar-refractivity contribution is 5.77. The number of carboxylic acid groups (broad SMARTS) is 1. The van der Waals surface area contributed by atoms with Gasteiger partial charge in [-0.15, -0.1) is 0 Å². The monoisotopic (exact) mass is 454 g/mol. The van der Waals surface area contributed by atoms with Crippen molar-refractivity contribution in [2.24, 2.45) is 56.2 Å². The summed E-state index contributed by atoms with van der Waals surface area (Å²) in [6, 6.07) is 0. The van der Waals surface area contributed by atoms with Crippen LogP contribution in [0, 0.1) is 56.2 Å². The molecule has 0 aromatic carbocycles. The summed E-state index contributed by atoms with van der Waals surface area (Å²) < 4.78 is 0. The number of hydrogen-bond acceptors (Lipinski definition) is 2. The largest absolute Gasteiger partial charge is 0.481 e. The average molecular weight is 455 g/mol. The van der Waals surface area contributed by atoms with Gasteiger partial charge in [-0.2, -0.15) is 0 Å². The second-order valence-electron chi connectivity index (χ2n) is 15.3. The number of carbonyl (C=O) groups is 1. The van der Waals surface area contributed by atoms with Crippen molar-refractivity contribution in [3.05, 3.63) is 11.6 Å². The summed E-state index contributed by atoms with van der Waals surface area (Å²) in [5.74, 6) is 1.70. The summed E-state index contributed by atoms with van der Waals surface area (Å²) in [4.78, 5) is 12.8. The fourth-order valence-corrected chi connectivity index (χ4v) is 11.4. The number of rotatable bonds is 1. The van der Waals surface area contributed by atoms with Gasteiger partial charge in [0.1, 0.15) is 0 Å². The van der Waals surface area contributed by atoms with Crippen LogP contribution in [0.4, 0.5) is 0 Å². The van der Waals surface area contributed by atoms with Crippen LogP contribution in [0.5, 0.6) is 0 Å². The standard InChI is InChI=1S/C30H46O3/c1-25(2)13-14-29(24(32)33)12-8-20-28(6)10-7-19-26(3,4)23(31)9-11-27(19,5)21(28)15-18-16-30(18,20)22(29)17-25/h8,18-19,21-23,31H,7,9-17H2,1-6H3,(H,32,33)/t18-,19+,21-,22+,23+,27+,28+,29-,30-/m1/s1. The van der Waals surface area contributed by atoms with Crippen molar-refractivity contribution in [1.82, 2.24) is 0 Å². The molecule has 0 aromatic rings. The Hall–Kier alpha value is -0.830. The van der Waals surface area contributed by atoms with Crippen LogP contribution in [0.3, 0.4) is 0 Å². The lowest BCUT2D eigenvalue weighted by atomic mass is 9.37. The summed E-state index contributed by atoms with van der Waals surface area (Å²) in [6.07, 6.45) is 13.0. The molecule has 0 aromatic heterocycles. The molecule has 0 saturated heterocycles. The van der Waals surface area contributed by atoms with E-state index in [-0.39, 0.29) is 33.2 Å². The summed E-state index contributed by atoms with van der Waals surface area (Å²) >= 11 is 0. The third-order valence-corrected chi connectivity index (χ3v) is 13.2. The lowest BCUT2D eigenvalue weighted by Gasteiger charge is -2.68. The number of fused-ring (bicyclic) bond motifs is 5. The molecule has 0 heterocycles. The first kappa shape index (κ1) is 22.6. The van der Waals surface area contributed by atoms with Crippen molar-refractivity contribution in [2.45, 2.75) is 112 Å². The second kappa shape index (κ2) is 6.29. The highest BCUT2D eigenvalue weighted by Crippen LogP contribution is 2.83. The Morgan fingerprint density at radius 2 is 1.64 bits per heavy atom. The summed E-state index contributed by atoms with van der Waals surface area (Å²) in [5.41, 5.74) is 2.03. The third kappa shape index (κ3) is 2.54. The van der Waals surface area contributed by atoms with Crippen molar-refractivity contribution >= 4 is 5.97 Å². The van der Waals surface area contributed by atoms with Crippen LogP contribution in [0.1, 0.15) is 106 Å². The Balaban J connectivity index is 1.44. The molecule has 0 aliphatic heterocycles. The molecule has 184 valence electrons. The van der Waals surface area contributed by atoms with E-state index < -0.39 is 11.4 Å². The van der Waals surface area contributed by atoms with Crippen molar-refractivity contribution in [1.29, 1.82) is 0 Å². The Morgan fingerprint density at radius 1 is 0.909 bits per heavy atom. The molecule has 0 bridgehead atoms. The van der Waals surface area contributed by atoms with E-state index in [1.807, 2.05) is 0 Å². The molecule has 6 aliphatic carbocycles. The van der Waals surface area contributed by atoms with Crippen LogP contribution in [-0.2, 0) is 4.79 Å². The molecule has 2 N–H and O–H groups in total. The van der Waals surface area contributed by atoms with Crippen LogP contribution in [0.2, 0.25) is 0 Å². The first-order valence-corrected chi connectivity index (χ1v) is 13.9. The zero-order chi connectivity index (χ0) is 23.8. The number of allylic oxidation sites excluding steroid dienone is 2. The van der Waals surface area contributed by atoms with Gasteiger partial charge >= 0.3 is 5.97 Å². The summed E-state index contributed by atoms with van der Waals surface area (Å²) in [7, 11) is 0. The van der Waals surface area contributed by atoms with Gasteiger partial charge in [0.25, 0.3) is 0 Å². The molecule has 5 fully saturated rings. The van der Waals surface area contributed by atoms with E-state index in [4.69, 9.17) is 0 Å². The van der Waals surface area contributed by atoms with Crippen molar-refractivity contribution in [3.8, 4) is 0 Å². The molecule has 9 atom stereocenters. The zero-order valence-electron chi connectivity index (χ0n) is 21.8. The number of hydrogen-bond donors (Lipinski definition) is 2. The number of carboxylic acids is 1. The Labute approximate surface area is 200 Å². The van der Waals surface area contributed by atoms with E-state index in [2.05, 4.69) is 47.6 Å². The quantitative estimate of drug-likeness (QED) is 0.426. The van der Waals surface area contributed by atoms with E-state index in [1.165, 1.54) is 25.7 Å². The molecule has 6 rings (SSSR count). The minimum Gasteiger partial charge on any atom is -0.481 e. The highest BCUT2D eigenvalue weighted by atomic mass is 16.4. The fraction of sp³-hybridized carbons (Fsp3) is 0.900. The predicted molar refractivity (Wildman–Crippen MR) is 130 cm³/mol. The van der Waals surface area contributed by atoms with Gasteiger partial charge in [0.2, 0.25) is 0 Å². The maximum Gasteiger partial charge on any atom is 0.310 e. The van der Waals surface area contributed by atoms with Gasteiger partial charge in [-0.05, 0) is 115 Å². The topological polar surface area (TPSA) is 57.5 Å². The summed E-state index contributed by atoms with van der Waals surface area (Å²) in [5, 5.41) is 21.4. The Kier molecular flexibility index (Phi) is 4.31. The van der Waals surface area contributed by atoms with Gasteiger partial charge in [0.05, 0.1) is 11.5 Å². The van der Waals surface area contributed by atoms with Gasteiger partial charge in [0.15, 0.2) is 0 Å². The van der Waals surface area contributed by atoms with Gasteiger partial charge in [-0.3, -0.25) is 4.79 Å². The third-order valence-electron chi connectivity index (χ3n) is 13.2. The molecule has 5 saturated carbocycles.